The number of ether oxygens (including phenoxy) is 1. The summed E-state index contributed by atoms with van der Waals surface area (Å²) in [7, 11) is 1.31. The van der Waals surface area contributed by atoms with E-state index in [1.165, 1.54) is 19.5 Å². The van der Waals surface area contributed by atoms with Crippen LogP contribution >= 0.6 is 0 Å². The van der Waals surface area contributed by atoms with E-state index in [4.69, 9.17) is 0 Å². The lowest BCUT2D eigenvalue weighted by Gasteiger charge is -2.14. The van der Waals surface area contributed by atoms with Gasteiger partial charge in [0.15, 0.2) is 5.69 Å². The van der Waals surface area contributed by atoms with Gasteiger partial charge in [-0.3, -0.25) is 4.98 Å². The molecule has 0 amide bonds. The molecule has 1 N–H and O–H groups in total. The molecule has 0 fully saturated rings. The SMILES string of the molecule is COC(=O)c1cnc(NC(C)c2ccncc2)cn1. The van der Waals surface area contributed by atoms with Crippen LogP contribution in [0.15, 0.2) is 36.9 Å². The Morgan fingerprint density at radius 3 is 2.58 bits per heavy atom. The van der Waals surface area contributed by atoms with Crippen LogP contribution in [0, 0.1) is 0 Å². The number of rotatable bonds is 4. The van der Waals surface area contributed by atoms with Crippen molar-refractivity contribution in [3.63, 3.8) is 0 Å². The van der Waals surface area contributed by atoms with E-state index in [0.29, 0.717) is 5.82 Å². The molecule has 0 bridgehead atoms. The number of hydrogen-bond donors (Lipinski definition) is 1. The van der Waals surface area contributed by atoms with Gasteiger partial charge in [0.2, 0.25) is 0 Å². The first-order valence-electron chi connectivity index (χ1n) is 5.77. The molecule has 1 unspecified atom stereocenters. The zero-order chi connectivity index (χ0) is 13.7. The maximum atomic E-state index is 11.2. The molecule has 2 aromatic rings. The third kappa shape index (κ3) is 3.25. The van der Waals surface area contributed by atoms with Crippen molar-refractivity contribution >= 4 is 11.8 Å². The van der Waals surface area contributed by atoms with Gasteiger partial charge in [-0.15, -0.1) is 0 Å². The van der Waals surface area contributed by atoms with Crippen molar-refractivity contribution in [3.8, 4) is 0 Å². The Kier molecular flexibility index (Phi) is 4.02. The minimum absolute atomic E-state index is 0.0706. The summed E-state index contributed by atoms with van der Waals surface area (Å²) in [5.41, 5.74) is 1.28. The molecule has 6 nitrogen and oxygen atoms in total. The van der Waals surface area contributed by atoms with Crippen molar-refractivity contribution in [2.75, 3.05) is 12.4 Å². The molecule has 6 heteroatoms. The number of nitrogens with zero attached hydrogens (tertiary/aromatic N) is 3. The van der Waals surface area contributed by atoms with Gasteiger partial charge < -0.3 is 10.1 Å². The Morgan fingerprint density at radius 1 is 1.26 bits per heavy atom. The van der Waals surface area contributed by atoms with Crippen LogP contribution in [0.5, 0.6) is 0 Å². The van der Waals surface area contributed by atoms with Crippen molar-refractivity contribution in [1.29, 1.82) is 0 Å². The fourth-order valence-corrected chi connectivity index (χ4v) is 1.57. The van der Waals surface area contributed by atoms with E-state index in [1.807, 2.05) is 19.1 Å². The van der Waals surface area contributed by atoms with Crippen molar-refractivity contribution in [2.24, 2.45) is 0 Å². The van der Waals surface area contributed by atoms with Crippen LogP contribution in [0.2, 0.25) is 0 Å². The first-order chi connectivity index (χ1) is 9.20. The monoisotopic (exact) mass is 258 g/mol. The Balaban J connectivity index is 2.06. The normalized spacial score (nSPS) is 11.7. The summed E-state index contributed by atoms with van der Waals surface area (Å²) in [5.74, 6) is 0.0956. The van der Waals surface area contributed by atoms with Crippen molar-refractivity contribution in [3.05, 3.63) is 48.2 Å². The van der Waals surface area contributed by atoms with E-state index in [-0.39, 0.29) is 11.7 Å². The fraction of sp³-hybridized carbons (Fsp3) is 0.231. The highest BCUT2D eigenvalue weighted by Gasteiger charge is 2.09. The van der Waals surface area contributed by atoms with E-state index in [9.17, 15) is 4.79 Å². The van der Waals surface area contributed by atoms with Crippen molar-refractivity contribution < 1.29 is 9.53 Å². The summed E-state index contributed by atoms with van der Waals surface area (Å²) in [6.07, 6.45) is 6.36. The smallest absolute Gasteiger partial charge is 0.358 e. The highest BCUT2D eigenvalue weighted by molar-refractivity contribution is 5.86. The van der Waals surface area contributed by atoms with Gasteiger partial charge in [-0.2, -0.15) is 0 Å². The summed E-state index contributed by atoms with van der Waals surface area (Å²) < 4.78 is 4.56. The molecule has 0 radical (unpaired) electrons. The molecule has 0 aliphatic heterocycles. The van der Waals surface area contributed by atoms with E-state index >= 15 is 0 Å². The number of carbonyl (C=O) groups excluding carboxylic acids is 1. The second-order valence-corrected chi connectivity index (χ2v) is 3.93. The standard InChI is InChI=1S/C13H14N4O2/c1-9(10-3-5-14-6-4-10)17-12-8-15-11(7-16-12)13(18)19-2/h3-9H,1-2H3,(H,16,17). The summed E-state index contributed by atoms with van der Waals surface area (Å²) in [4.78, 5) is 23.3. The maximum absolute atomic E-state index is 11.2. The number of carbonyl (C=O) groups is 1. The van der Waals surface area contributed by atoms with Gasteiger partial charge in [0, 0.05) is 12.4 Å². The Labute approximate surface area is 110 Å². The number of pyridine rings is 1. The molecule has 0 aliphatic carbocycles. The lowest BCUT2D eigenvalue weighted by molar-refractivity contribution is 0.0593. The molecule has 2 aromatic heterocycles. The Hall–Kier alpha value is -2.50. The minimum Gasteiger partial charge on any atom is -0.464 e. The van der Waals surface area contributed by atoms with E-state index < -0.39 is 5.97 Å². The third-order valence-electron chi connectivity index (χ3n) is 2.62. The minimum atomic E-state index is -0.499. The lowest BCUT2D eigenvalue weighted by Crippen LogP contribution is -2.10. The van der Waals surface area contributed by atoms with Crippen LogP contribution in [-0.4, -0.2) is 28.0 Å². The maximum Gasteiger partial charge on any atom is 0.358 e. The third-order valence-corrected chi connectivity index (χ3v) is 2.62. The zero-order valence-corrected chi connectivity index (χ0v) is 10.7. The van der Waals surface area contributed by atoms with E-state index in [0.717, 1.165) is 5.56 Å². The number of nitrogens with one attached hydrogen (secondary N) is 1. The van der Waals surface area contributed by atoms with Gasteiger partial charge >= 0.3 is 5.97 Å². The highest BCUT2D eigenvalue weighted by Crippen LogP contribution is 2.16. The topological polar surface area (TPSA) is 77.0 Å². The summed E-state index contributed by atoms with van der Waals surface area (Å²) in [6, 6.07) is 3.92. The first-order valence-corrected chi connectivity index (χ1v) is 5.77. The van der Waals surface area contributed by atoms with Gasteiger partial charge in [-0.05, 0) is 24.6 Å². The molecular formula is C13H14N4O2. The Morgan fingerprint density at radius 2 is 2.00 bits per heavy atom. The molecular weight excluding hydrogens is 244 g/mol. The van der Waals surface area contributed by atoms with E-state index in [2.05, 4.69) is 25.0 Å². The van der Waals surface area contributed by atoms with Gasteiger partial charge in [0.1, 0.15) is 5.82 Å². The highest BCUT2D eigenvalue weighted by atomic mass is 16.5. The number of aromatic nitrogens is 3. The summed E-state index contributed by atoms with van der Waals surface area (Å²) in [6.45, 7) is 2.01. The number of hydrogen-bond acceptors (Lipinski definition) is 6. The average molecular weight is 258 g/mol. The largest absolute Gasteiger partial charge is 0.464 e. The lowest BCUT2D eigenvalue weighted by atomic mass is 10.1. The molecule has 0 saturated heterocycles. The Bertz CT molecular complexity index is 542. The van der Waals surface area contributed by atoms with Gasteiger partial charge in [-0.25, -0.2) is 14.8 Å². The number of anilines is 1. The predicted molar refractivity (Wildman–Crippen MR) is 69.6 cm³/mol. The average Bonchev–Trinajstić information content (AvgIpc) is 2.48. The molecule has 19 heavy (non-hydrogen) atoms. The number of esters is 1. The first kappa shape index (κ1) is 12.9. The molecule has 2 heterocycles. The second-order valence-electron chi connectivity index (χ2n) is 3.93. The van der Waals surface area contributed by atoms with Crippen LogP contribution in [0.1, 0.15) is 29.0 Å². The van der Waals surface area contributed by atoms with Crippen molar-refractivity contribution in [1.82, 2.24) is 15.0 Å². The molecule has 2 rings (SSSR count). The molecule has 0 saturated carbocycles. The number of methoxy groups -OCH3 is 1. The molecule has 0 aliphatic rings. The second kappa shape index (κ2) is 5.90. The molecule has 0 aromatic carbocycles. The summed E-state index contributed by atoms with van der Waals surface area (Å²) >= 11 is 0. The quantitative estimate of drug-likeness (QED) is 0.843. The summed E-state index contributed by atoms with van der Waals surface area (Å²) in [5, 5.41) is 3.19. The van der Waals surface area contributed by atoms with Gasteiger partial charge in [-0.1, -0.05) is 0 Å². The van der Waals surface area contributed by atoms with Gasteiger partial charge in [0.05, 0.1) is 25.5 Å². The van der Waals surface area contributed by atoms with E-state index in [1.54, 1.807) is 12.4 Å². The zero-order valence-electron chi connectivity index (χ0n) is 10.7. The van der Waals surface area contributed by atoms with Crippen LogP contribution < -0.4 is 5.32 Å². The van der Waals surface area contributed by atoms with Crippen LogP contribution in [-0.2, 0) is 4.74 Å². The van der Waals surface area contributed by atoms with Crippen molar-refractivity contribution in [2.45, 2.75) is 13.0 Å². The predicted octanol–water partition coefficient (Wildman–Crippen LogP) is 1.83. The van der Waals surface area contributed by atoms with Crippen LogP contribution in [0.4, 0.5) is 5.82 Å². The molecule has 0 spiro atoms. The van der Waals surface area contributed by atoms with Crippen LogP contribution in [0.3, 0.4) is 0 Å². The van der Waals surface area contributed by atoms with Crippen LogP contribution in [0.25, 0.3) is 0 Å². The van der Waals surface area contributed by atoms with Gasteiger partial charge in [0.25, 0.3) is 0 Å². The fourth-order valence-electron chi connectivity index (χ4n) is 1.57. The molecule has 98 valence electrons. The molecule has 1 atom stereocenters.